The number of hydrogen-bond acceptors (Lipinski definition) is 5. The van der Waals surface area contributed by atoms with Crippen molar-refractivity contribution in [3.05, 3.63) is 33.9 Å². The van der Waals surface area contributed by atoms with Gasteiger partial charge in [-0.25, -0.2) is 0 Å². The number of non-ortho nitro benzene ring substituents is 1. The van der Waals surface area contributed by atoms with Gasteiger partial charge < -0.3 is 10.2 Å². The van der Waals surface area contributed by atoms with Gasteiger partial charge in [0.2, 0.25) is 0 Å². The number of benzene rings is 1. The molecule has 3 rings (SSSR count). The number of piperidine rings is 1. The highest BCUT2D eigenvalue weighted by Crippen LogP contribution is 2.28. The number of nitrogens with one attached hydrogen (secondary N) is 1. The van der Waals surface area contributed by atoms with Crippen LogP contribution in [0.5, 0.6) is 0 Å². The van der Waals surface area contributed by atoms with Crippen molar-refractivity contribution in [2.45, 2.75) is 37.8 Å². The van der Waals surface area contributed by atoms with E-state index in [1.807, 2.05) is 0 Å². The first-order valence-corrected chi connectivity index (χ1v) is 7.37. The van der Waals surface area contributed by atoms with Gasteiger partial charge in [0, 0.05) is 37.3 Å². The number of nitro groups is 1. The lowest BCUT2D eigenvalue weighted by Gasteiger charge is -2.34. The molecule has 1 aliphatic carbocycles. The Hall–Kier alpha value is -2.13. The predicted molar refractivity (Wildman–Crippen MR) is 79.2 cm³/mol. The summed E-state index contributed by atoms with van der Waals surface area (Å²) in [5.41, 5.74) is 1.17. The Morgan fingerprint density at radius 3 is 2.48 bits per heavy atom. The van der Waals surface area contributed by atoms with Crippen molar-refractivity contribution in [3.8, 4) is 6.07 Å². The lowest BCUT2D eigenvalue weighted by atomic mass is 10.0. The van der Waals surface area contributed by atoms with Gasteiger partial charge in [0.1, 0.15) is 6.07 Å². The van der Waals surface area contributed by atoms with Gasteiger partial charge in [-0.2, -0.15) is 5.26 Å². The maximum Gasteiger partial charge on any atom is 0.270 e. The van der Waals surface area contributed by atoms with E-state index in [1.165, 1.54) is 25.0 Å². The Morgan fingerprint density at radius 2 is 1.90 bits per heavy atom. The van der Waals surface area contributed by atoms with E-state index in [1.54, 1.807) is 6.07 Å². The molecule has 6 nitrogen and oxygen atoms in total. The largest absolute Gasteiger partial charge is 0.370 e. The van der Waals surface area contributed by atoms with Crippen LogP contribution >= 0.6 is 0 Å². The van der Waals surface area contributed by atoms with Crippen LogP contribution in [0, 0.1) is 21.4 Å². The number of rotatable bonds is 4. The second-order valence-corrected chi connectivity index (χ2v) is 5.77. The normalized spacial score (nSPS) is 19.3. The van der Waals surface area contributed by atoms with Crippen LogP contribution in [0.1, 0.15) is 31.2 Å². The number of hydrogen-bond donors (Lipinski definition) is 1. The third kappa shape index (κ3) is 3.14. The summed E-state index contributed by atoms with van der Waals surface area (Å²) in [6.07, 6.45) is 4.69. The molecule has 1 saturated heterocycles. The highest BCUT2D eigenvalue weighted by Gasteiger charge is 2.27. The van der Waals surface area contributed by atoms with Gasteiger partial charge in [-0.15, -0.1) is 0 Å². The maximum atomic E-state index is 10.8. The smallest absolute Gasteiger partial charge is 0.270 e. The molecule has 110 valence electrons. The van der Waals surface area contributed by atoms with Gasteiger partial charge in [0.25, 0.3) is 5.69 Å². The lowest BCUT2D eigenvalue weighted by Crippen LogP contribution is -2.43. The van der Waals surface area contributed by atoms with Crippen molar-refractivity contribution in [3.63, 3.8) is 0 Å². The molecule has 1 heterocycles. The molecule has 0 amide bonds. The van der Waals surface area contributed by atoms with Crippen molar-refractivity contribution >= 4 is 11.4 Å². The number of nitriles is 1. The molecule has 21 heavy (non-hydrogen) atoms. The molecule has 0 bridgehead atoms. The Balaban J connectivity index is 1.69. The number of nitro benzene ring substituents is 1. The van der Waals surface area contributed by atoms with Gasteiger partial charge in [0.05, 0.1) is 16.2 Å². The van der Waals surface area contributed by atoms with Crippen LogP contribution in [0.4, 0.5) is 11.4 Å². The molecule has 0 aromatic heterocycles. The van der Waals surface area contributed by atoms with Gasteiger partial charge >= 0.3 is 0 Å². The van der Waals surface area contributed by atoms with Crippen molar-refractivity contribution in [2.75, 3.05) is 18.0 Å². The Morgan fingerprint density at radius 1 is 1.24 bits per heavy atom. The summed E-state index contributed by atoms with van der Waals surface area (Å²) in [4.78, 5) is 12.5. The first-order chi connectivity index (χ1) is 10.2. The fraction of sp³-hybridized carbons (Fsp3) is 0.533. The zero-order valence-corrected chi connectivity index (χ0v) is 11.8. The summed E-state index contributed by atoms with van der Waals surface area (Å²) >= 11 is 0. The van der Waals surface area contributed by atoms with E-state index < -0.39 is 4.92 Å². The summed E-state index contributed by atoms with van der Waals surface area (Å²) in [7, 11) is 0. The quantitative estimate of drug-likeness (QED) is 0.677. The zero-order chi connectivity index (χ0) is 14.8. The molecular formula is C15H18N4O2. The molecule has 6 heteroatoms. The van der Waals surface area contributed by atoms with E-state index in [4.69, 9.17) is 0 Å². The van der Waals surface area contributed by atoms with Crippen LogP contribution < -0.4 is 10.2 Å². The Kier molecular flexibility index (Phi) is 3.76. The SMILES string of the molecule is N#Cc1cc([N+](=O)[O-])ccc1N1CCC(NC2CC2)CC1. The van der Waals surface area contributed by atoms with E-state index in [9.17, 15) is 15.4 Å². The van der Waals surface area contributed by atoms with E-state index in [0.29, 0.717) is 11.6 Å². The first-order valence-electron chi connectivity index (χ1n) is 7.37. The van der Waals surface area contributed by atoms with Crippen LogP contribution in [-0.2, 0) is 0 Å². The molecule has 2 fully saturated rings. The highest BCUT2D eigenvalue weighted by molar-refractivity contribution is 5.63. The standard InChI is InChI=1S/C15H18N4O2/c16-10-11-9-14(19(20)21)3-4-15(11)18-7-5-13(6-8-18)17-12-1-2-12/h3-4,9,12-13,17H,1-2,5-8H2. The van der Waals surface area contributed by atoms with Gasteiger partial charge in [0.15, 0.2) is 0 Å². The topological polar surface area (TPSA) is 82.2 Å². The summed E-state index contributed by atoms with van der Waals surface area (Å²) < 4.78 is 0. The molecular weight excluding hydrogens is 268 g/mol. The molecule has 1 aliphatic heterocycles. The predicted octanol–water partition coefficient (Wildman–Crippen LogP) is 2.19. The summed E-state index contributed by atoms with van der Waals surface area (Å²) in [5.74, 6) is 0. The van der Waals surface area contributed by atoms with Gasteiger partial charge in [-0.3, -0.25) is 10.1 Å². The maximum absolute atomic E-state index is 10.8. The fourth-order valence-corrected chi connectivity index (χ4v) is 2.87. The molecule has 2 aliphatic rings. The summed E-state index contributed by atoms with van der Waals surface area (Å²) in [6.45, 7) is 1.77. The van der Waals surface area contributed by atoms with Gasteiger partial charge in [-0.05, 0) is 31.7 Å². The Bertz CT molecular complexity index is 584. The van der Waals surface area contributed by atoms with Crippen LogP contribution in [0.15, 0.2) is 18.2 Å². The van der Waals surface area contributed by atoms with E-state index >= 15 is 0 Å². The Labute approximate surface area is 123 Å². The minimum Gasteiger partial charge on any atom is -0.370 e. The first kappa shape index (κ1) is 13.8. The second kappa shape index (κ2) is 5.70. The second-order valence-electron chi connectivity index (χ2n) is 5.77. The van der Waals surface area contributed by atoms with Crippen molar-refractivity contribution in [1.82, 2.24) is 5.32 Å². The molecule has 0 spiro atoms. The van der Waals surface area contributed by atoms with Crippen molar-refractivity contribution in [2.24, 2.45) is 0 Å². The average molecular weight is 286 g/mol. The minimum absolute atomic E-state index is 0.0272. The minimum atomic E-state index is -0.462. The van der Waals surface area contributed by atoms with Gasteiger partial charge in [-0.1, -0.05) is 0 Å². The lowest BCUT2D eigenvalue weighted by molar-refractivity contribution is -0.384. The third-order valence-corrected chi connectivity index (χ3v) is 4.20. The average Bonchev–Trinajstić information content (AvgIpc) is 3.31. The molecule has 0 atom stereocenters. The highest BCUT2D eigenvalue weighted by atomic mass is 16.6. The number of anilines is 1. The van der Waals surface area contributed by atoms with Crippen LogP contribution in [0.2, 0.25) is 0 Å². The number of nitrogens with zero attached hydrogens (tertiary/aromatic N) is 3. The molecule has 1 N–H and O–H groups in total. The monoisotopic (exact) mass is 286 g/mol. The van der Waals surface area contributed by atoms with E-state index in [-0.39, 0.29) is 5.69 Å². The molecule has 0 unspecified atom stereocenters. The van der Waals surface area contributed by atoms with Crippen LogP contribution in [0.3, 0.4) is 0 Å². The van der Waals surface area contributed by atoms with E-state index in [0.717, 1.165) is 37.7 Å². The molecule has 1 aromatic rings. The van der Waals surface area contributed by atoms with Crippen molar-refractivity contribution in [1.29, 1.82) is 5.26 Å². The fourth-order valence-electron chi connectivity index (χ4n) is 2.87. The summed E-state index contributed by atoms with van der Waals surface area (Å²) in [6, 6.07) is 7.91. The van der Waals surface area contributed by atoms with Crippen molar-refractivity contribution < 1.29 is 4.92 Å². The summed E-state index contributed by atoms with van der Waals surface area (Å²) in [5, 5.41) is 23.6. The molecule has 1 saturated carbocycles. The van der Waals surface area contributed by atoms with Crippen LogP contribution in [0.25, 0.3) is 0 Å². The third-order valence-electron chi connectivity index (χ3n) is 4.20. The van der Waals surface area contributed by atoms with E-state index in [2.05, 4.69) is 16.3 Å². The van der Waals surface area contributed by atoms with Crippen LogP contribution in [-0.4, -0.2) is 30.1 Å². The molecule has 1 aromatic carbocycles. The molecule has 0 radical (unpaired) electrons. The zero-order valence-electron chi connectivity index (χ0n) is 11.8.